The Balaban J connectivity index is 1.82. The highest BCUT2D eigenvalue weighted by Gasteiger charge is 2.27. The molecule has 1 aromatic carbocycles. The Hall–Kier alpha value is -2.08. The van der Waals surface area contributed by atoms with Gasteiger partial charge in [-0.2, -0.15) is 0 Å². The van der Waals surface area contributed by atoms with E-state index in [4.69, 9.17) is 4.74 Å². The predicted molar refractivity (Wildman–Crippen MR) is 97.6 cm³/mol. The molecule has 138 valence electrons. The summed E-state index contributed by atoms with van der Waals surface area (Å²) in [6.45, 7) is 7.45. The Morgan fingerprint density at radius 2 is 1.96 bits per heavy atom. The van der Waals surface area contributed by atoms with Crippen molar-refractivity contribution in [3.05, 3.63) is 29.8 Å². The molecule has 0 spiro atoms. The van der Waals surface area contributed by atoms with Crippen LogP contribution in [0.1, 0.15) is 25.8 Å². The third-order valence-corrected chi connectivity index (χ3v) is 4.63. The Bertz CT molecular complexity index is 583. The number of ether oxygens (including phenoxy) is 1. The second-order valence-corrected chi connectivity index (χ2v) is 6.41. The first kappa shape index (κ1) is 19.2. The van der Waals surface area contributed by atoms with E-state index < -0.39 is 0 Å². The van der Waals surface area contributed by atoms with Crippen LogP contribution in [0.2, 0.25) is 0 Å². The standard InChI is InChI=1S/C19H29N3O3/c1-4-8-20-19(24)15(2)21-9-11-22(12-10-21)18(23)14-16-6-5-7-17(13-16)25-3/h5-7,13,15H,4,8-12,14H2,1-3H3,(H,20,24). The van der Waals surface area contributed by atoms with E-state index in [2.05, 4.69) is 10.2 Å². The summed E-state index contributed by atoms with van der Waals surface area (Å²) < 4.78 is 5.20. The van der Waals surface area contributed by atoms with Gasteiger partial charge in [-0.05, 0) is 31.0 Å². The second-order valence-electron chi connectivity index (χ2n) is 6.41. The molecular weight excluding hydrogens is 318 g/mol. The Kier molecular flexibility index (Phi) is 7.25. The van der Waals surface area contributed by atoms with E-state index in [1.54, 1.807) is 7.11 Å². The molecule has 1 aromatic rings. The lowest BCUT2D eigenvalue weighted by molar-refractivity contribution is -0.133. The van der Waals surface area contributed by atoms with E-state index in [0.29, 0.717) is 26.1 Å². The number of piperazine rings is 1. The van der Waals surface area contributed by atoms with Crippen molar-refractivity contribution in [3.8, 4) is 5.75 Å². The van der Waals surface area contributed by atoms with Crippen molar-refractivity contribution in [2.24, 2.45) is 0 Å². The molecule has 1 saturated heterocycles. The highest BCUT2D eigenvalue weighted by atomic mass is 16.5. The lowest BCUT2D eigenvalue weighted by Gasteiger charge is -2.37. The van der Waals surface area contributed by atoms with Crippen LogP contribution in [0, 0.1) is 0 Å². The van der Waals surface area contributed by atoms with Gasteiger partial charge in [0.1, 0.15) is 5.75 Å². The highest BCUT2D eigenvalue weighted by Crippen LogP contribution is 2.15. The Morgan fingerprint density at radius 3 is 2.60 bits per heavy atom. The number of hydrogen-bond donors (Lipinski definition) is 1. The molecule has 1 heterocycles. The van der Waals surface area contributed by atoms with Crippen molar-refractivity contribution in [2.75, 3.05) is 39.8 Å². The molecule has 2 rings (SSSR count). The summed E-state index contributed by atoms with van der Waals surface area (Å²) in [5.41, 5.74) is 0.957. The Morgan fingerprint density at radius 1 is 1.24 bits per heavy atom. The fourth-order valence-corrected chi connectivity index (χ4v) is 2.99. The molecule has 1 N–H and O–H groups in total. The van der Waals surface area contributed by atoms with Gasteiger partial charge in [-0.3, -0.25) is 14.5 Å². The lowest BCUT2D eigenvalue weighted by Crippen LogP contribution is -2.55. The summed E-state index contributed by atoms with van der Waals surface area (Å²) in [5.74, 6) is 0.955. The van der Waals surface area contributed by atoms with E-state index in [-0.39, 0.29) is 17.9 Å². The van der Waals surface area contributed by atoms with Gasteiger partial charge >= 0.3 is 0 Å². The van der Waals surface area contributed by atoms with Gasteiger partial charge in [-0.1, -0.05) is 19.1 Å². The Labute approximate surface area is 150 Å². The smallest absolute Gasteiger partial charge is 0.237 e. The van der Waals surface area contributed by atoms with Gasteiger partial charge in [-0.15, -0.1) is 0 Å². The largest absolute Gasteiger partial charge is 0.497 e. The zero-order chi connectivity index (χ0) is 18.2. The van der Waals surface area contributed by atoms with Crippen molar-refractivity contribution in [1.82, 2.24) is 15.1 Å². The van der Waals surface area contributed by atoms with Crippen LogP contribution in [-0.4, -0.2) is 67.5 Å². The van der Waals surface area contributed by atoms with E-state index in [0.717, 1.165) is 30.8 Å². The maximum Gasteiger partial charge on any atom is 0.237 e. The first-order valence-corrected chi connectivity index (χ1v) is 8.97. The number of rotatable bonds is 7. The molecule has 0 saturated carbocycles. The molecule has 2 amide bonds. The summed E-state index contributed by atoms with van der Waals surface area (Å²) in [6, 6.07) is 7.46. The quantitative estimate of drug-likeness (QED) is 0.808. The second kappa shape index (κ2) is 9.42. The first-order chi connectivity index (χ1) is 12.0. The average Bonchev–Trinajstić information content (AvgIpc) is 2.65. The van der Waals surface area contributed by atoms with Crippen LogP contribution in [0.4, 0.5) is 0 Å². The molecule has 0 bridgehead atoms. The molecule has 6 nitrogen and oxygen atoms in total. The minimum atomic E-state index is -0.151. The van der Waals surface area contributed by atoms with Gasteiger partial charge in [0, 0.05) is 32.7 Å². The van der Waals surface area contributed by atoms with Gasteiger partial charge in [0.25, 0.3) is 0 Å². The third-order valence-electron chi connectivity index (χ3n) is 4.63. The number of carbonyl (C=O) groups is 2. The minimum Gasteiger partial charge on any atom is -0.497 e. The van der Waals surface area contributed by atoms with Crippen molar-refractivity contribution in [1.29, 1.82) is 0 Å². The molecule has 1 fully saturated rings. The van der Waals surface area contributed by atoms with Crippen LogP contribution in [0.3, 0.4) is 0 Å². The molecule has 1 atom stereocenters. The van der Waals surface area contributed by atoms with E-state index in [9.17, 15) is 9.59 Å². The van der Waals surface area contributed by atoms with Gasteiger partial charge in [-0.25, -0.2) is 0 Å². The molecular formula is C19H29N3O3. The van der Waals surface area contributed by atoms with Gasteiger partial charge in [0.2, 0.25) is 11.8 Å². The third kappa shape index (κ3) is 5.46. The van der Waals surface area contributed by atoms with Crippen LogP contribution in [0.25, 0.3) is 0 Å². The SMILES string of the molecule is CCCNC(=O)C(C)N1CCN(C(=O)Cc2cccc(OC)c2)CC1. The van der Waals surface area contributed by atoms with E-state index >= 15 is 0 Å². The maximum absolute atomic E-state index is 12.5. The number of nitrogens with one attached hydrogen (secondary N) is 1. The van der Waals surface area contributed by atoms with Gasteiger partial charge in [0.15, 0.2) is 0 Å². The lowest BCUT2D eigenvalue weighted by atomic mass is 10.1. The summed E-state index contributed by atoms with van der Waals surface area (Å²) in [4.78, 5) is 28.6. The summed E-state index contributed by atoms with van der Waals surface area (Å²) in [5, 5.41) is 2.93. The molecule has 0 aromatic heterocycles. The summed E-state index contributed by atoms with van der Waals surface area (Å²) in [7, 11) is 1.62. The molecule has 0 radical (unpaired) electrons. The van der Waals surface area contributed by atoms with E-state index in [1.165, 1.54) is 0 Å². The van der Waals surface area contributed by atoms with Crippen molar-refractivity contribution >= 4 is 11.8 Å². The van der Waals surface area contributed by atoms with Crippen LogP contribution in [0.15, 0.2) is 24.3 Å². The molecule has 0 aliphatic carbocycles. The fourth-order valence-electron chi connectivity index (χ4n) is 2.99. The van der Waals surface area contributed by atoms with Crippen LogP contribution < -0.4 is 10.1 Å². The topological polar surface area (TPSA) is 61.9 Å². The molecule has 1 unspecified atom stereocenters. The number of benzene rings is 1. The van der Waals surface area contributed by atoms with Crippen LogP contribution in [-0.2, 0) is 16.0 Å². The van der Waals surface area contributed by atoms with E-state index in [1.807, 2.05) is 43.0 Å². The first-order valence-electron chi connectivity index (χ1n) is 8.97. The van der Waals surface area contributed by atoms with Gasteiger partial charge < -0.3 is 15.0 Å². The highest BCUT2D eigenvalue weighted by molar-refractivity contribution is 5.81. The van der Waals surface area contributed by atoms with Crippen molar-refractivity contribution in [3.63, 3.8) is 0 Å². The number of hydrogen-bond acceptors (Lipinski definition) is 4. The van der Waals surface area contributed by atoms with Crippen LogP contribution in [0.5, 0.6) is 5.75 Å². The number of nitrogens with zero attached hydrogens (tertiary/aromatic N) is 2. The zero-order valence-electron chi connectivity index (χ0n) is 15.5. The minimum absolute atomic E-state index is 0.0676. The molecule has 25 heavy (non-hydrogen) atoms. The molecule has 1 aliphatic rings. The monoisotopic (exact) mass is 347 g/mol. The number of methoxy groups -OCH3 is 1. The maximum atomic E-state index is 12.5. The van der Waals surface area contributed by atoms with Crippen molar-refractivity contribution < 1.29 is 14.3 Å². The normalized spacial score (nSPS) is 16.4. The molecule has 1 aliphatic heterocycles. The average molecular weight is 347 g/mol. The van der Waals surface area contributed by atoms with Crippen molar-refractivity contribution in [2.45, 2.75) is 32.7 Å². The van der Waals surface area contributed by atoms with Gasteiger partial charge in [0.05, 0.1) is 19.6 Å². The fraction of sp³-hybridized carbons (Fsp3) is 0.579. The summed E-state index contributed by atoms with van der Waals surface area (Å²) in [6.07, 6.45) is 1.31. The summed E-state index contributed by atoms with van der Waals surface area (Å²) >= 11 is 0. The predicted octanol–water partition coefficient (Wildman–Crippen LogP) is 1.30. The van der Waals surface area contributed by atoms with Crippen LogP contribution >= 0.6 is 0 Å². The molecule has 6 heteroatoms. The zero-order valence-corrected chi connectivity index (χ0v) is 15.5. The number of carbonyl (C=O) groups excluding carboxylic acids is 2. The number of amides is 2.